The maximum Gasteiger partial charge on any atom is 0.435 e. The molecule has 1 saturated heterocycles. The van der Waals surface area contributed by atoms with Gasteiger partial charge in [-0.25, -0.2) is 0 Å². The Labute approximate surface area is 646 Å². The Bertz CT molecular complexity index is 3380. The Kier molecular flexibility index (Phi) is 28.8. The van der Waals surface area contributed by atoms with Gasteiger partial charge in [0.1, 0.15) is 11.5 Å². The number of carbonyl (C=O) groups is 3. The Morgan fingerprint density at radius 1 is 0.541 bits per heavy atom. The molecule has 2 aromatic rings. The zero-order valence-electron chi connectivity index (χ0n) is 67.6. The number of carbonyl (C=O) groups excluding carboxylic acids is 3. The third-order valence-electron chi connectivity index (χ3n) is 26.7. The van der Waals surface area contributed by atoms with Gasteiger partial charge < -0.3 is 52.8 Å². The van der Waals surface area contributed by atoms with Crippen molar-refractivity contribution in [2.24, 2.45) is 34.5 Å². The van der Waals surface area contributed by atoms with E-state index in [0.29, 0.717) is 80.6 Å². The molecule has 632 valence electrons. The standard InChI is InChI=1S/C41H61F6N3O6.C39H56F9N3O4/c1-38-18-17-32-31-13-11-29(54-20-8-21-55-37(52)16-10-28-24-30(53-6)25-49(28)4)23-27(31)9-12-33(32)34(38)14-15-35(38)50(5)36(51)26-48(3)19-7-22-56-39(2,40(42,43)44)41(45,46)47;1-35-17-16-30-29-13-11-28(54-20-7-19-50(3)26-9-10-27(23-26)53-5)22-25(29)8-12-31(30)32(35)14-15-33(35)51(4)34(52)24-49(2)18-6-21-55-36(37(40,41)42,38(43,44)45)39(46,47)48/h11,13,23,28,30,32-35H,7-10,12,14-22,24-26H2,1-6H3;11,13,22,26-27,30-33H,6-10,12,14-21,23-24H2,1-5H3/t28?,30?,32?,33?,34?,35-,38-;26?,27-,30?,31?,32?,33+,35+/m01/s1/i6D;5D. The van der Waals surface area contributed by atoms with E-state index in [1.165, 1.54) is 34.2 Å². The first-order chi connectivity index (χ1) is 52.9. The number of amides is 2. The molecule has 111 heavy (non-hydrogen) atoms. The maximum absolute atomic E-state index is 13.5. The van der Waals surface area contributed by atoms with Crippen LogP contribution in [-0.4, -0.2) is 254 Å². The largest absolute Gasteiger partial charge is 0.494 e. The Hall–Kier alpha value is -4.92. The average molecular weight is 1610 g/mol. The minimum absolute atomic E-state index is 0.00250. The fourth-order valence-electron chi connectivity index (χ4n) is 20.4. The molecule has 8 aliphatic rings. The van der Waals surface area contributed by atoms with E-state index in [1.54, 1.807) is 23.9 Å². The van der Waals surface area contributed by atoms with Crippen LogP contribution in [0.1, 0.15) is 186 Å². The molecule has 7 aliphatic carbocycles. The zero-order valence-corrected chi connectivity index (χ0v) is 65.6. The molecule has 0 N–H and O–H groups in total. The maximum atomic E-state index is 13.5. The van der Waals surface area contributed by atoms with Crippen LogP contribution in [0.4, 0.5) is 65.9 Å². The fourth-order valence-corrected chi connectivity index (χ4v) is 20.4. The molecule has 14 atom stereocenters. The molecule has 0 radical (unpaired) electrons. The van der Waals surface area contributed by atoms with Gasteiger partial charge in [0.15, 0.2) is 0 Å². The third-order valence-corrected chi connectivity index (χ3v) is 26.7. The van der Waals surface area contributed by atoms with Crippen molar-refractivity contribution < 1.29 is 116 Å². The molecule has 0 bridgehead atoms. The molecule has 2 aromatic carbocycles. The Balaban J connectivity index is 0.000000259. The number of ether oxygens (including phenoxy) is 7. The lowest BCUT2D eigenvalue weighted by atomic mass is 9.55. The Morgan fingerprint density at radius 2 is 1.01 bits per heavy atom. The molecular formula is C80H117F15N6O10. The van der Waals surface area contributed by atoms with Crippen LogP contribution < -0.4 is 9.47 Å². The van der Waals surface area contributed by atoms with Crippen LogP contribution in [0.3, 0.4) is 0 Å². The van der Waals surface area contributed by atoms with Crippen molar-refractivity contribution in [2.45, 2.75) is 252 Å². The molecule has 6 fully saturated rings. The number of halogens is 15. The first-order valence-electron chi connectivity index (χ1n) is 40.7. The van der Waals surface area contributed by atoms with Gasteiger partial charge >= 0.3 is 42.5 Å². The lowest BCUT2D eigenvalue weighted by molar-refractivity contribution is -0.457. The molecule has 16 nitrogen and oxygen atoms in total. The van der Waals surface area contributed by atoms with Crippen LogP contribution in [0.15, 0.2) is 36.4 Å². The molecule has 0 aromatic heterocycles. The second-order valence-electron chi connectivity index (χ2n) is 33.4. The predicted octanol–water partition coefficient (Wildman–Crippen LogP) is 15.8. The molecule has 0 spiro atoms. The summed E-state index contributed by atoms with van der Waals surface area (Å²) in [6, 6.07) is 13.6. The summed E-state index contributed by atoms with van der Waals surface area (Å²) in [4.78, 5) is 50.2. The van der Waals surface area contributed by atoms with E-state index < -0.39 is 61.7 Å². The van der Waals surface area contributed by atoms with Gasteiger partial charge in [0.2, 0.25) is 11.8 Å². The van der Waals surface area contributed by atoms with Crippen molar-refractivity contribution in [3.63, 3.8) is 0 Å². The minimum Gasteiger partial charge on any atom is -0.494 e. The van der Waals surface area contributed by atoms with E-state index in [9.17, 15) is 80.2 Å². The number of aryl methyl sites for hydroxylation is 2. The zero-order chi connectivity index (χ0) is 83.0. The number of nitrogens with zero attached hydrogens (tertiary/aromatic N) is 6. The van der Waals surface area contributed by atoms with Crippen LogP contribution in [0.5, 0.6) is 11.5 Å². The van der Waals surface area contributed by atoms with Crippen molar-refractivity contribution in [1.82, 2.24) is 29.4 Å². The quantitative estimate of drug-likeness (QED) is 0.0390. The van der Waals surface area contributed by atoms with Crippen LogP contribution in [0.2, 0.25) is 0 Å². The van der Waals surface area contributed by atoms with Crippen molar-refractivity contribution >= 4 is 17.8 Å². The van der Waals surface area contributed by atoms with E-state index in [2.05, 4.69) is 70.5 Å². The summed E-state index contributed by atoms with van der Waals surface area (Å²) in [5.74, 6) is 3.72. The smallest absolute Gasteiger partial charge is 0.435 e. The summed E-state index contributed by atoms with van der Waals surface area (Å²) in [7, 11) is 10.7. The topological polar surface area (TPSA) is 135 Å². The summed E-state index contributed by atoms with van der Waals surface area (Å²) in [5.41, 5.74) is -5.37. The molecule has 31 heteroatoms. The van der Waals surface area contributed by atoms with E-state index in [4.69, 9.17) is 26.4 Å². The lowest BCUT2D eigenvalue weighted by Crippen LogP contribution is -2.67. The third kappa shape index (κ3) is 20.2. The first kappa shape index (κ1) is 86.9. The summed E-state index contributed by atoms with van der Waals surface area (Å²) in [5, 5.41) is 0. The van der Waals surface area contributed by atoms with Crippen LogP contribution >= 0.6 is 0 Å². The number of likely N-dealkylation sites (tertiary alicyclic amines) is 1. The highest BCUT2D eigenvalue weighted by atomic mass is 19.4. The number of benzene rings is 2. The number of rotatable bonds is 32. The van der Waals surface area contributed by atoms with Gasteiger partial charge in [0.25, 0.3) is 5.60 Å². The van der Waals surface area contributed by atoms with Gasteiger partial charge in [-0.2, -0.15) is 65.9 Å². The highest BCUT2D eigenvalue weighted by molar-refractivity contribution is 5.79. The number of hydrogen-bond acceptors (Lipinski definition) is 14. The summed E-state index contributed by atoms with van der Waals surface area (Å²) in [6.45, 7) is 5.03. The average Bonchev–Trinajstić information content (AvgIpc) is 1.63. The summed E-state index contributed by atoms with van der Waals surface area (Å²) >= 11 is 0. The molecule has 10 rings (SSSR count). The first-order valence-corrected chi connectivity index (χ1v) is 39.3. The van der Waals surface area contributed by atoms with Crippen LogP contribution in [0, 0.1) is 34.5 Å². The summed E-state index contributed by atoms with van der Waals surface area (Å²) in [6.07, 6.45) is -14.1. The minimum atomic E-state index is -6.78. The van der Waals surface area contributed by atoms with Crippen LogP contribution in [-0.2, 0) is 50.9 Å². The molecule has 2 amide bonds. The number of methoxy groups -OCH3 is 2. The van der Waals surface area contributed by atoms with Gasteiger partial charge in [0, 0.05) is 105 Å². The van der Waals surface area contributed by atoms with E-state index in [1.807, 2.05) is 25.1 Å². The number of alkyl halides is 15. The second kappa shape index (κ2) is 36.7. The van der Waals surface area contributed by atoms with Crippen molar-refractivity contribution in [1.29, 1.82) is 0 Å². The summed E-state index contributed by atoms with van der Waals surface area (Å²) < 4.78 is 248. The van der Waals surface area contributed by atoms with Gasteiger partial charge in [-0.15, -0.1) is 0 Å². The van der Waals surface area contributed by atoms with Crippen LogP contribution in [0.25, 0.3) is 0 Å². The van der Waals surface area contributed by atoms with Crippen molar-refractivity contribution in [2.75, 3.05) is 129 Å². The monoisotopic (exact) mass is 1610 g/mol. The number of fused-ring (bicyclic) bond motifs is 10. The van der Waals surface area contributed by atoms with Gasteiger partial charge in [-0.1, -0.05) is 26.0 Å². The molecule has 9 unspecified atom stereocenters. The SMILES string of the molecule is [2H]COC1CC(CCC(=O)OCCCOc2ccc3c(c2)CCC2C3CC[C@@]3(C)C2CC[C@@H]3N(C)C(=O)CN(C)CCCOC(C)(C(F)(F)F)C(F)(F)F)N(C)C1.[2H]CO[C@@H]1CCC(N(C)CCCOc2ccc3c(c2)CCC2C3CC[C@@]3(C)C2CC[C@@H]3N(C)C(=O)CN(C)CCCOC(C(F)(F)F)(C(F)(F)F)C(F)(F)F)C1. The normalized spacial score (nSPS) is 28.6. The highest BCUT2D eigenvalue weighted by Gasteiger charge is 2.85. The fraction of sp³-hybridized carbons (Fsp3) is 0.812. The second-order valence-corrected chi connectivity index (χ2v) is 33.4. The number of esters is 1. The van der Waals surface area contributed by atoms with E-state index in [-0.39, 0.29) is 113 Å². The van der Waals surface area contributed by atoms with Gasteiger partial charge in [-0.3, -0.25) is 24.2 Å². The number of hydrogen-bond donors (Lipinski definition) is 0. The highest BCUT2D eigenvalue weighted by Crippen LogP contribution is 2.64. The van der Waals surface area contributed by atoms with E-state index >= 15 is 0 Å². The lowest BCUT2D eigenvalue weighted by Gasteiger charge is -2.52. The molecular weight excluding hydrogens is 1490 g/mol. The van der Waals surface area contributed by atoms with Gasteiger partial charge in [-0.05, 0) is 256 Å². The molecule has 1 aliphatic heterocycles. The van der Waals surface area contributed by atoms with Crippen molar-refractivity contribution in [3.8, 4) is 11.5 Å². The van der Waals surface area contributed by atoms with Crippen molar-refractivity contribution in [3.05, 3.63) is 58.7 Å². The number of likely N-dealkylation sites (N-methyl/N-ethyl adjacent to an activating group) is 5. The Morgan fingerprint density at radius 3 is 1.49 bits per heavy atom. The predicted molar refractivity (Wildman–Crippen MR) is 386 cm³/mol. The molecule has 1 heterocycles. The van der Waals surface area contributed by atoms with Gasteiger partial charge in [0.05, 0.1) is 47.9 Å². The van der Waals surface area contributed by atoms with E-state index in [0.717, 1.165) is 134 Å². The molecule has 5 saturated carbocycles.